The zero-order chi connectivity index (χ0) is 17.3. The topological polar surface area (TPSA) is 43.4 Å². The lowest BCUT2D eigenvalue weighted by Gasteiger charge is -2.40. The van der Waals surface area contributed by atoms with Gasteiger partial charge in [-0.1, -0.05) is 47.6 Å². The molecule has 3 nitrogen and oxygen atoms in total. The van der Waals surface area contributed by atoms with Gasteiger partial charge in [-0.15, -0.1) is 0 Å². The molecule has 1 aromatic carbocycles. The van der Waals surface area contributed by atoms with Crippen LogP contribution in [0.25, 0.3) is 0 Å². The number of rotatable bonds is 6. The molecule has 0 saturated heterocycles. The highest BCUT2D eigenvalue weighted by Gasteiger charge is 2.49. The molecule has 0 aliphatic rings. The van der Waals surface area contributed by atoms with E-state index in [4.69, 9.17) is 3.87 Å². The minimum Gasteiger partial charge on any atom is -0.310 e. The van der Waals surface area contributed by atoms with E-state index >= 15 is 0 Å². The van der Waals surface area contributed by atoms with E-state index in [-0.39, 0.29) is 21.5 Å². The maximum absolute atomic E-state index is 12.9. The van der Waals surface area contributed by atoms with Gasteiger partial charge >= 0.3 is 0 Å². The lowest BCUT2D eigenvalue weighted by atomic mass is 10.2. The molecule has 0 heterocycles. The average molecular weight is 343 g/mol. The molecular weight excluding hydrogens is 312 g/mol. The second-order valence-electron chi connectivity index (χ2n) is 7.18. The van der Waals surface area contributed by atoms with Crippen LogP contribution in [0.4, 0.5) is 0 Å². The Balaban J connectivity index is 3.38. The molecule has 1 aromatic rings. The highest BCUT2D eigenvalue weighted by atomic mass is 32.2. The van der Waals surface area contributed by atoms with Crippen molar-refractivity contribution in [1.29, 1.82) is 0 Å². The van der Waals surface area contributed by atoms with Crippen molar-refractivity contribution in [1.82, 2.24) is 0 Å². The summed E-state index contributed by atoms with van der Waals surface area (Å²) in [5.74, 6) is 0. The van der Waals surface area contributed by atoms with Crippen LogP contribution in [0.2, 0.25) is 16.6 Å². The lowest BCUT2D eigenvalue weighted by molar-refractivity contribution is 0.447. The van der Waals surface area contributed by atoms with Crippen LogP contribution >= 0.6 is 0 Å². The number of aryl methyl sites for hydroxylation is 2. The molecule has 5 heteroatoms. The Bertz CT molecular complexity index is 577. The van der Waals surface area contributed by atoms with Gasteiger partial charge in [-0.2, -0.15) is 8.42 Å². The van der Waals surface area contributed by atoms with Crippen LogP contribution in [-0.2, 0) is 14.0 Å². The van der Waals surface area contributed by atoms with Gasteiger partial charge < -0.3 is 3.87 Å². The molecule has 0 spiro atoms. The Morgan fingerprint density at radius 3 is 1.50 bits per heavy atom. The predicted molar refractivity (Wildman–Crippen MR) is 95.2 cm³/mol. The first-order chi connectivity index (χ1) is 9.93. The van der Waals surface area contributed by atoms with Crippen LogP contribution in [0.3, 0.4) is 0 Å². The molecule has 22 heavy (non-hydrogen) atoms. The maximum Gasteiger partial charge on any atom is 0.287 e. The second kappa shape index (κ2) is 6.85. The van der Waals surface area contributed by atoms with Gasteiger partial charge in [0.2, 0.25) is 8.32 Å². The molecule has 0 aliphatic carbocycles. The number of hydrogen-bond donors (Lipinski definition) is 0. The zero-order valence-corrected chi connectivity index (χ0v) is 16.9. The molecule has 0 unspecified atom stereocenters. The van der Waals surface area contributed by atoms with E-state index in [1.54, 1.807) is 12.1 Å². The Hall–Kier alpha value is -0.653. The average Bonchev–Trinajstić information content (AvgIpc) is 2.33. The fourth-order valence-corrected chi connectivity index (χ4v) is 12.5. The van der Waals surface area contributed by atoms with Gasteiger partial charge in [0, 0.05) is 0 Å². The maximum atomic E-state index is 12.9. The molecule has 0 bridgehead atoms. The Kier molecular flexibility index (Phi) is 6.04. The number of hydrogen-bond acceptors (Lipinski definition) is 3. The first-order valence-corrected chi connectivity index (χ1v) is 11.5. The molecule has 0 aromatic heterocycles. The van der Waals surface area contributed by atoms with E-state index < -0.39 is 18.4 Å². The minimum atomic E-state index is -3.74. The molecule has 0 N–H and O–H groups in total. The Morgan fingerprint density at radius 2 is 1.18 bits per heavy atom. The molecule has 126 valence electrons. The number of benzene rings is 1. The highest BCUT2D eigenvalue weighted by Crippen LogP contribution is 2.44. The summed E-state index contributed by atoms with van der Waals surface area (Å²) in [5, 5.41) is 0. The summed E-state index contributed by atoms with van der Waals surface area (Å²) in [6.07, 6.45) is 0. The summed E-state index contributed by atoms with van der Waals surface area (Å²) < 4.78 is 31.8. The molecule has 0 radical (unpaired) electrons. The summed E-state index contributed by atoms with van der Waals surface area (Å²) in [5.41, 5.74) is 2.57. The zero-order valence-electron chi connectivity index (χ0n) is 15.1. The first-order valence-electron chi connectivity index (χ1n) is 7.97. The van der Waals surface area contributed by atoms with Crippen molar-refractivity contribution in [2.24, 2.45) is 0 Å². The quantitative estimate of drug-likeness (QED) is 0.669. The van der Waals surface area contributed by atoms with Crippen molar-refractivity contribution >= 4 is 18.4 Å². The van der Waals surface area contributed by atoms with E-state index in [1.165, 1.54) is 0 Å². The van der Waals surface area contributed by atoms with Gasteiger partial charge in [-0.05, 0) is 53.7 Å². The van der Waals surface area contributed by atoms with Crippen molar-refractivity contribution in [3.05, 3.63) is 29.3 Å². The molecule has 0 amide bonds. The van der Waals surface area contributed by atoms with Crippen molar-refractivity contribution < 1.29 is 12.3 Å². The van der Waals surface area contributed by atoms with Gasteiger partial charge in [0.15, 0.2) is 0 Å². The van der Waals surface area contributed by atoms with E-state index in [1.807, 2.05) is 19.9 Å². The standard InChI is InChI=1S/C17H30O3SSi/c1-12(2)22(13(3)4,14(5)6)20-21(18,19)17-10-15(7)9-16(8)11-17/h9-14H,1-8H3. The van der Waals surface area contributed by atoms with Gasteiger partial charge in [0.05, 0.1) is 4.90 Å². The third-order valence-corrected chi connectivity index (χ3v) is 12.7. The van der Waals surface area contributed by atoms with Crippen LogP contribution in [0.15, 0.2) is 23.1 Å². The fraction of sp³-hybridized carbons (Fsp3) is 0.647. The van der Waals surface area contributed by atoms with Gasteiger partial charge in [-0.3, -0.25) is 0 Å². The highest BCUT2D eigenvalue weighted by molar-refractivity contribution is 7.87. The summed E-state index contributed by atoms with van der Waals surface area (Å²) in [6, 6.07) is 5.36. The van der Waals surface area contributed by atoms with E-state index in [2.05, 4.69) is 41.5 Å². The van der Waals surface area contributed by atoms with E-state index in [9.17, 15) is 8.42 Å². The summed E-state index contributed by atoms with van der Waals surface area (Å²) in [7, 11) is -6.20. The van der Waals surface area contributed by atoms with Crippen LogP contribution in [0, 0.1) is 13.8 Å². The summed E-state index contributed by atoms with van der Waals surface area (Å²) >= 11 is 0. The summed E-state index contributed by atoms with van der Waals surface area (Å²) in [4.78, 5) is 0.281. The van der Waals surface area contributed by atoms with Crippen LogP contribution in [0.1, 0.15) is 52.7 Å². The van der Waals surface area contributed by atoms with Crippen molar-refractivity contribution in [3.8, 4) is 0 Å². The van der Waals surface area contributed by atoms with Crippen molar-refractivity contribution in [2.45, 2.75) is 76.9 Å². The largest absolute Gasteiger partial charge is 0.310 e. The van der Waals surface area contributed by atoms with Gasteiger partial charge in [-0.25, -0.2) is 0 Å². The molecule has 0 atom stereocenters. The molecule has 1 rings (SSSR count). The monoisotopic (exact) mass is 342 g/mol. The minimum absolute atomic E-state index is 0.230. The normalized spacial score (nSPS) is 13.4. The van der Waals surface area contributed by atoms with Crippen molar-refractivity contribution in [3.63, 3.8) is 0 Å². The second-order valence-corrected chi connectivity index (χ2v) is 14.4. The van der Waals surface area contributed by atoms with Crippen LogP contribution in [-0.4, -0.2) is 16.7 Å². The van der Waals surface area contributed by atoms with Crippen LogP contribution < -0.4 is 0 Å². The SMILES string of the molecule is Cc1cc(C)cc(S(=O)(=O)O[Si](C(C)C)(C(C)C)C(C)C)c1. The predicted octanol–water partition coefficient (Wildman–Crippen LogP) is 5.18. The molecule has 0 saturated carbocycles. The van der Waals surface area contributed by atoms with Gasteiger partial charge in [0.1, 0.15) is 0 Å². The van der Waals surface area contributed by atoms with E-state index in [0.717, 1.165) is 11.1 Å². The molecule has 0 aliphatic heterocycles. The van der Waals surface area contributed by atoms with Crippen LogP contribution in [0.5, 0.6) is 0 Å². The molecule has 0 fully saturated rings. The van der Waals surface area contributed by atoms with Gasteiger partial charge in [0.25, 0.3) is 10.1 Å². The summed E-state index contributed by atoms with van der Waals surface area (Å²) in [6.45, 7) is 16.3. The molecular formula is C17H30O3SSi. The third-order valence-electron chi connectivity index (χ3n) is 4.45. The third kappa shape index (κ3) is 3.81. The fourth-order valence-electron chi connectivity index (χ4n) is 3.60. The van der Waals surface area contributed by atoms with Crippen molar-refractivity contribution in [2.75, 3.05) is 0 Å². The smallest absolute Gasteiger partial charge is 0.287 e. The van der Waals surface area contributed by atoms with E-state index in [0.29, 0.717) is 0 Å². The Morgan fingerprint density at radius 1 is 0.818 bits per heavy atom. The first kappa shape index (κ1) is 19.4. The Labute approximate surface area is 137 Å². The lowest BCUT2D eigenvalue weighted by Crippen LogP contribution is -2.49.